The van der Waals surface area contributed by atoms with Crippen LogP contribution in [0.15, 0.2) is 60.8 Å². The Bertz CT molecular complexity index is 1510. The molecule has 4 aromatic rings. The van der Waals surface area contributed by atoms with Crippen molar-refractivity contribution < 1.29 is 14.3 Å². The first-order valence-electron chi connectivity index (χ1n) is 13.9. The van der Waals surface area contributed by atoms with Gasteiger partial charge in [-0.05, 0) is 87.1 Å². The molecule has 1 aliphatic carbocycles. The number of fused-ring (bicyclic) bond motifs is 2. The van der Waals surface area contributed by atoms with Crippen molar-refractivity contribution in [2.75, 3.05) is 0 Å². The van der Waals surface area contributed by atoms with Crippen molar-refractivity contribution in [3.63, 3.8) is 0 Å². The van der Waals surface area contributed by atoms with Crippen molar-refractivity contribution >= 4 is 23.0 Å². The minimum absolute atomic E-state index is 0.0758. The van der Waals surface area contributed by atoms with Crippen LogP contribution >= 0.6 is 0 Å². The van der Waals surface area contributed by atoms with Gasteiger partial charge in [0.1, 0.15) is 11.4 Å². The van der Waals surface area contributed by atoms with E-state index in [1.54, 1.807) is 12.1 Å². The second kappa shape index (κ2) is 12.1. The zero-order chi connectivity index (χ0) is 29.0. The van der Waals surface area contributed by atoms with E-state index in [4.69, 9.17) is 20.5 Å². The standard InChI is InChI=1S/C31H37N7O3/c1-31(2,3)41-30(40)34-17-23-16-21(29(39)37-32)13-14-22(23)18-38(19-27-35-24-10-4-5-11-25(24)36-27)26-12-6-8-20-9-7-15-33-28(20)26/h4-5,7,9-11,13-16,26H,6,8,12,17-19,32H2,1-3H3,(H,34,40)(H,35,36)(H,37,39). The summed E-state index contributed by atoms with van der Waals surface area (Å²) in [5, 5.41) is 2.84. The normalized spacial score (nSPS) is 15.0. The maximum absolute atomic E-state index is 12.5. The monoisotopic (exact) mass is 555 g/mol. The number of hydrogen-bond acceptors (Lipinski definition) is 7. The van der Waals surface area contributed by atoms with Gasteiger partial charge in [-0.1, -0.05) is 24.3 Å². The van der Waals surface area contributed by atoms with Crippen LogP contribution < -0.4 is 16.6 Å². The molecule has 5 N–H and O–H groups in total. The first-order valence-corrected chi connectivity index (χ1v) is 13.9. The number of aromatic nitrogens is 3. The summed E-state index contributed by atoms with van der Waals surface area (Å²) in [6.45, 7) is 6.75. The number of nitrogens with zero attached hydrogens (tertiary/aromatic N) is 3. The van der Waals surface area contributed by atoms with Gasteiger partial charge in [0.2, 0.25) is 0 Å². The molecule has 1 atom stereocenters. The van der Waals surface area contributed by atoms with Crippen LogP contribution in [-0.4, -0.2) is 37.5 Å². The molecule has 2 heterocycles. The fourth-order valence-electron chi connectivity index (χ4n) is 5.36. The molecule has 0 saturated carbocycles. The zero-order valence-corrected chi connectivity index (χ0v) is 23.7. The highest BCUT2D eigenvalue weighted by molar-refractivity contribution is 5.94. The highest BCUT2D eigenvalue weighted by Gasteiger charge is 2.29. The Morgan fingerprint density at radius 2 is 1.93 bits per heavy atom. The van der Waals surface area contributed by atoms with Crippen LogP contribution in [0, 0.1) is 0 Å². The minimum Gasteiger partial charge on any atom is -0.444 e. The van der Waals surface area contributed by atoms with Gasteiger partial charge in [0.25, 0.3) is 5.91 Å². The number of alkyl carbamates (subject to hydrolysis) is 1. The summed E-state index contributed by atoms with van der Waals surface area (Å²) in [6.07, 6.45) is 4.35. The maximum Gasteiger partial charge on any atom is 0.407 e. The van der Waals surface area contributed by atoms with E-state index in [0.29, 0.717) is 18.7 Å². The fourth-order valence-corrected chi connectivity index (χ4v) is 5.36. The van der Waals surface area contributed by atoms with E-state index in [9.17, 15) is 9.59 Å². The molecule has 0 saturated heterocycles. The quantitative estimate of drug-likeness (QED) is 0.141. The number of carbonyl (C=O) groups is 2. The first-order chi connectivity index (χ1) is 19.7. The molecule has 0 spiro atoms. The van der Waals surface area contributed by atoms with E-state index < -0.39 is 17.6 Å². The van der Waals surface area contributed by atoms with Gasteiger partial charge in [0, 0.05) is 24.8 Å². The Morgan fingerprint density at radius 1 is 1.10 bits per heavy atom. The van der Waals surface area contributed by atoms with E-state index >= 15 is 0 Å². The second-order valence-corrected chi connectivity index (χ2v) is 11.4. The average molecular weight is 556 g/mol. The summed E-state index contributed by atoms with van der Waals surface area (Å²) in [4.78, 5) is 40.3. The number of para-hydroxylation sites is 2. The number of nitrogens with two attached hydrogens (primary N) is 1. The average Bonchev–Trinajstić information content (AvgIpc) is 3.37. The van der Waals surface area contributed by atoms with Gasteiger partial charge in [0.15, 0.2) is 0 Å². The van der Waals surface area contributed by atoms with Gasteiger partial charge < -0.3 is 15.0 Å². The Labute approximate surface area is 239 Å². The molecular weight excluding hydrogens is 518 g/mol. The maximum atomic E-state index is 12.5. The van der Waals surface area contributed by atoms with Crippen molar-refractivity contribution in [3.05, 3.63) is 94.6 Å². The predicted molar refractivity (Wildman–Crippen MR) is 156 cm³/mol. The van der Waals surface area contributed by atoms with Crippen molar-refractivity contribution in [1.29, 1.82) is 0 Å². The van der Waals surface area contributed by atoms with Gasteiger partial charge in [-0.25, -0.2) is 15.6 Å². The first kappa shape index (κ1) is 28.3. The molecule has 0 bridgehead atoms. The number of hydrogen-bond donors (Lipinski definition) is 4. The van der Waals surface area contributed by atoms with Gasteiger partial charge in [-0.2, -0.15) is 0 Å². The van der Waals surface area contributed by atoms with Crippen molar-refractivity contribution in [1.82, 2.24) is 30.6 Å². The molecule has 2 aromatic carbocycles. The van der Waals surface area contributed by atoms with Crippen LogP contribution in [0.25, 0.3) is 11.0 Å². The number of benzene rings is 2. The van der Waals surface area contributed by atoms with E-state index in [0.717, 1.165) is 52.9 Å². The molecule has 1 aliphatic rings. The summed E-state index contributed by atoms with van der Waals surface area (Å²) >= 11 is 0. The summed E-state index contributed by atoms with van der Waals surface area (Å²) in [6, 6.07) is 17.7. The van der Waals surface area contributed by atoms with Crippen LogP contribution in [0.2, 0.25) is 0 Å². The molecule has 41 heavy (non-hydrogen) atoms. The Morgan fingerprint density at radius 3 is 2.71 bits per heavy atom. The number of aromatic amines is 1. The number of imidazole rings is 1. The second-order valence-electron chi connectivity index (χ2n) is 11.4. The lowest BCUT2D eigenvalue weighted by Crippen LogP contribution is -2.34. The number of ether oxygens (including phenoxy) is 1. The highest BCUT2D eigenvalue weighted by Crippen LogP contribution is 2.35. The molecule has 0 radical (unpaired) electrons. The predicted octanol–water partition coefficient (Wildman–Crippen LogP) is 4.67. The van der Waals surface area contributed by atoms with Crippen LogP contribution in [0.3, 0.4) is 0 Å². The Hall–Kier alpha value is -4.28. The van der Waals surface area contributed by atoms with Crippen molar-refractivity contribution in [3.8, 4) is 0 Å². The number of carbonyl (C=O) groups excluding carboxylic acids is 2. The van der Waals surface area contributed by atoms with Crippen LogP contribution in [0.4, 0.5) is 4.79 Å². The number of nitrogen functional groups attached to an aromatic ring is 1. The Kier molecular flexibility index (Phi) is 8.32. The summed E-state index contributed by atoms with van der Waals surface area (Å²) < 4.78 is 5.44. The van der Waals surface area contributed by atoms with Gasteiger partial charge in [-0.15, -0.1) is 0 Å². The lowest BCUT2D eigenvalue weighted by Gasteiger charge is -2.35. The highest BCUT2D eigenvalue weighted by atomic mass is 16.6. The van der Waals surface area contributed by atoms with Gasteiger partial charge in [-0.3, -0.25) is 20.1 Å². The number of pyridine rings is 1. The number of nitrogens with one attached hydrogen (secondary N) is 3. The van der Waals surface area contributed by atoms with Crippen LogP contribution in [0.1, 0.15) is 78.2 Å². The van der Waals surface area contributed by atoms with Crippen molar-refractivity contribution in [2.24, 2.45) is 5.84 Å². The molecule has 10 heteroatoms. The molecule has 0 fully saturated rings. The van der Waals surface area contributed by atoms with Crippen molar-refractivity contribution in [2.45, 2.75) is 71.3 Å². The molecule has 214 valence electrons. The SMILES string of the molecule is CC(C)(C)OC(=O)NCc1cc(C(=O)NN)ccc1CN(Cc1nc2ccccc2[nH]1)C1CCCc2cccnc21. The fraction of sp³-hybridized carbons (Fsp3) is 0.355. The lowest BCUT2D eigenvalue weighted by molar-refractivity contribution is 0.0523. The van der Waals surface area contributed by atoms with E-state index in [1.807, 2.05) is 63.4 Å². The molecule has 5 rings (SSSR count). The van der Waals surface area contributed by atoms with E-state index in [2.05, 4.69) is 26.7 Å². The van der Waals surface area contributed by atoms with Gasteiger partial charge in [0.05, 0.1) is 29.3 Å². The zero-order valence-electron chi connectivity index (χ0n) is 23.7. The van der Waals surface area contributed by atoms with Gasteiger partial charge >= 0.3 is 6.09 Å². The number of aryl methyl sites for hydroxylation is 1. The smallest absolute Gasteiger partial charge is 0.407 e. The topological polar surface area (TPSA) is 138 Å². The number of rotatable bonds is 8. The third-order valence-corrected chi connectivity index (χ3v) is 7.19. The van der Waals surface area contributed by atoms with Crippen LogP contribution in [-0.2, 0) is 30.8 Å². The third kappa shape index (κ3) is 6.90. The third-order valence-electron chi connectivity index (χ3n) is 7.19. The molecular formula is C31H37N7O3. The largest absolute Gasteiger partial charge is 0.444 e. The molecule has 1 unspecified atom stereocenters. The summed E-state index contributed by atoms with van der Waals surface area (Å²) in [5.41, 5.74) is 7.99. The van der Waals surface area contributed by atoms with Crippen LogP contribution in [0.5, 0.6) is 0 Å². The summed E-state index contributed by atoms with van der Waals surface area (Å²) in [7, 11) is 0. The molecule has 0 aliphatic heterocycles. The number of H-pyrrole nitrogens is 1. The molecule has 2 aromatic heterocycles. The molecule has 10 nitrogen and oxygen atoms in total. The minimum atomic E-state index is -0.626. The van der Waals surface area contributed by atoms with E-state index in [-0.39, 0.29) is 12.6 Å². The number of hydrazine groups is 1. The van der Waals surface area contributed by atoms with E-state index in [1.165, 1.54) is 5.56 Å². The Balaban J connectivity index is 1.49. The number of amides is 2. The lowest BCUT2D eigenvalue weighted by atomic mass is 9.90. The summed E-state index contributed by atoms with van der Waals surface area (Å²) in [5.74, 6) is 5.87. The molecule has 2 amide bonds.